The van der Waals surface area contributed by atoms with E-state index >= 15 is 0 Å². The Bertz CT molecular complexity index is 454. The number of hydrogen-bond acceptors (Lipinski definition) is 5. The molecule has 8 nitrogen and oxygen atoms in total. The minimum absolute atomic E-state index is 0.361. The number of carbonyl (C=O) groups is 3. The molecule has 0 spiro atoms. The van der Waals surface area contributed by atoms with Crippen LogP contribution in [-0.4, -0.2) is 35.5 Å². The van der Waals surface area contributed by atoms with Crippen LogP contribution < -0.4 is 22.9 Å². The second-order valence-electron chi connectivity index (χ2n) is 4.18. The van der Waals surface area contributed by atoms with Gasteiger partial charge in [-0.1, -0.05) is 0 Å². The summed E-state index contributed by atoms with van der Waals surface area (Å²) in [6.07, 6.45) is 1.14. The second kappa shape index (κ2) is 9.45. The third-order valence-electron chi connectivity index (χ3n) is 2.49. The molecule has 0 saturated heterocycles. The van der Waals surface area contributed by atoms with Crippen molar-refractivity contribution < 1.29 is 19.5 Å². The largest absolute Gasteiger partial charge is 0.480 e. The van der Waals surface area contributed by atoms with Crippen molar-refractivity contribution in [1.82, 2.24) is 0 Å². The first-order chi connectivity index (χ1) is 9.79. The number of benzene rings is 1. The van der Waals surface area contributed by atoms with E-state index in [-0.39, 0.29) is 0 Å². The monoisotopic (exact) mass is 296 g/mol. The van der Waals surface area contributed by atoms with E-state index in [4.69, 9.17) is 28.0 Å². The van der Waals surface area contributed by atoms with Gasteiger partial charge in [0, 0.05) is 11.1 Å². The minimum atomic E-state index is -0.955. The third-order valence-corrected chi connectivity index (χ3v) is 2.49. The molecule has 0 aliphatic rings. The van der Waals surface area contributed by atoms with Crippen LogP contribution >= 0.6 is 0 Å². The predicted octanol–water partition coefficient (Wildman–Crippen LogP) is -0.978. The maximum Gasteiger partial charge on any atom is 0.320 e. The van der Waals surface area contributed by atoms with Gasteiger partial charge in [-0.2, -0.15) is 0 Å². The molecule has 1 atom stereocenters. The number of amides is 2. The maximum atomic E-state index is 10.6. The first-order valence-electron chi connectivity index (χ1n) is 6.17. The first kappa shape index (κ1) is 18.6. The fourth-order valence-corrected chi connectivity index (χ4v) is 1.26. The Morgan fingerprint density at radius 2 is 1.38 bits per heavy atom. The molecule has 0 heterocycles. The molecule has 2 amide bonds. The molecule has 0 aliphatic carbocycles. The number of carbonyl (C=O) groups excluding carboxylic acids is 2. The molecule has 1 aromatic carbocycles. The molecule has 0 saturated carbocycles. The molecule has 1 aromatic rings. The summed E-state index contributed by atoms with van der Waals surface area (Å²) in [4.78, 5) is 31.2. The van der Waals surface area contributed by atoms with Gasteiger partial charge in [-0.15, -0.1) is 0 Å². The fraction of sp³-hybridized carbons (Fsp3) is 0.308. The molecular formula is C13H20N4O4. The molecule has 0 unspecified atom stereocenters. The number of hydrogen-bond donors (Lipinski definition) is 5. The zero-order valence-electron chi connectivity index (χ0n) is 11.5. The Labute approximate surface area is 122 Å². The van der Waals surface area contributed by atoms with Crippen LogP contribution in [0.1, 0.15) is 33.6 Å². The highest BCUT2D eigenvalue weighted by atomic mass is 16.4. The van der Waals surface area contributed by atoms with Gasteiger partial charge in [-0.25, -0.2) is 0 Å². The Morgan fingerprint density at radius 3 is 1.62 bits per heavy atom. The Morgan fingerprint density at radius 1 is 1.00 bits per heavy atom. The van der Waals surface area contributed by atoms with Crippen molar-refractivity contribution in [2.75, 3.05) is 6.54 Å². The van der Waals surface area contributed by atoms with Crippen LogP contribution in [-0.2, 0) is 4.79 Å². The second-order valence-corrected chi connectivity index (χ2v) is 4.18. The summed E-state index contributed by atoms with van der Waals surface area (Å²) in [5, 5.41) is 8.24. The molecule has 116 valence electrons. The van der Waals surface area contributed by atoms with Gasteiger partial charge < -0.3 is 28.0 Å². The summed E-state index contributed by atoms with van der Waals surface area (Å²) in [6.45, 7) is 0.501. The van der Waals surface area contributed by atoms with Gasteiger partial charge in [0.2, 0.25) is 11.8 Å². The fourth-order valence-electron chi connectivity index (χ4n) is 1.26. The summed E-state index contributed by atoms with van der Waals surface area (Å²) in [5.74, 6) is -2.00. The molecule has 9 N–H and O–H groups in total. The molecule has 0 fully saturated rings. The Balaban J connectivity index is 0.000000400. The van der Waals surface area contributed by atoms with Crippen molar-refractivity contribution >= 4 is 17.8 Å². The molecule has 0 aliphatic heterocycles. The number of nitrogens with two attached hydrogens (primary N) is 4. The third kappa shape index (κ3) is 7.65. The van der Waals surface area contributed by atoms with Gasteiger partial charge in [0.05, 0.1) is 0 Å². The molecular weight excluding hydrogens is 276 g/mol. The summed E-state index contributed by atoms with van der Waals surface area (Å²) in [6, 6.07) is 5.10. The van der Waals surface area contributed by atoms with Gasteiger partial charge in [-0.05, 0) is 43.7 Å². The summed E-state index contributed by atoms with van der Waals surface area (Å²) in [5.41, 5.74) is 21.0. The van der Waals surface area contributed by atoms with Crippen molar-refractivity contribution in [3.05, 3.63) is 35.4 Å². The maximum absolute atomic E-state index is 10.6. The van der Waals surface area contributed by atoms with Gasteiger partial charge in [0.1, 0.15) is 6.04 Å². The highest BCUT2D eigenvalue weighted by Gasteiger charge is 2.08. The molecule has 8 heteroatoms. The Hall–Kier alpha value is -2.45. The number of carboxylic acids is 1. The molecule has 1 rings (SSSR count). The average Bonchev–Trinajstić information content (AvgIpc) is 2.45. The number of rotatable bonds is 6. The van der Waals surface area contributed by atoms with Crippen LogP contribution in [0.25, 0.3) is 0 Å². The van der Waals surface area contributed by atoms with Crippen molar-refractivity contribution in [3.63, 3.8) is 0 Å². The van der Waals surface area contributed by atoms with Gasteiger partial charge in [0.25, 0.3) is 0 Å². The van der Waals surface area contributed by atoms with E-state index in [9.17, 15) is 14.4 Å². The van der Waals surface area contributed by atoms with Crippen LogP contribution in [0.5, 0.6) is 0 Å². The number of carboxylic acid groups (broad SMARTS) is 1. The van der Waals surface area contributed by atoms with Crippen LogP contribution in [0, 0.1) is 0 Å². The lowest BCUT2D eigenvalue weighted by Gasteiger charge is -2.02. The topological polar surface area (TPSA) is 176 Å². The highest BCUT2D eigenvalue weighted by molar-refractivity contribution is 5.96. The lowest BCUT2D eigenvalue weighted by molar-refractivity contribution is -0.138. The van der Waals surface area contributed by atoms with E-state index < -0.39 is 23.8 Å². The quantitative estimate of drug-likeness (QED) is 0.450. The van der Waals surface area contributed by atoms with Crippen molar-refractivity contribution in [1.29, 1.82) is 0 Å². The van der Waals surface area contributed by atoms with E-state index in [1.54, 1.807) is 0 Å². The van der Waals surface area contributed by atoms with E-state index in [1.807, 2.05) is 0 Å². The first-order valence-corrected chi connectivity index (χ1v) is 6.17. The predicted molar refractivity (Wildman–Crippen MR) is 77.4 cm³/mol. The van der Waals surface area contributed by atoms with Gasteiger partial charge in [-0.3, -0.25) is 14.4 Å². The van der Waals surface area contributed by atoms with E-state index in [0.717, 1.165) is 0 Å². The van der Waals surface area contributed by atoms with Crippen LogP contribution in [0.3, 0.4) is 0 Å². The molecule has 21 heavy (non-hydrogen) atoms. The smallest absolute Gasteiger partial charge is 0.320 e. The highest BCUT2D eigenvalue weighted by Crippen LogP contribution is 2.02. The summed E-state index contributed by atoms with van der Waals surface area (Å²) < 4.78 is 0. The number of primary amides is 2. The lowest BCUT2D eigenvalue weighted by Crippen LogP contribution is -2.30. The molecule has 0 bridgehead atoms. The molecule has 0 aromatic heterocycles. The number of aliphatic carboxylic acids is 1. The van der Waals surface area contributed by atoms with Gasteiger partial charge >= 0.3 is 5.97 Å². The lowest BCUT2D eigenvalue weighted by atomic mass is 10.1. The minimum Gasteiger partial charge on any atom is -0.480 e. The van der Waals surface area contributed by atoms with E-state index in [2.05, 4.69) is 0 Å². The van der Waals surface area contributed by atoms with Gasteiger partial charge in [0.15, 0.2) is 0 Å². The zero-order chi connectivity index (χ0) is 16.4. The standard InChI is InChI=1S/C8H8N2O2.C5H12N2O2/c9-7(11)5-1-2-6(4-3-5)8(10)12;6-3-1-2-4(7)5(8)9/h1-4H,(H2,9,11)(H2,10,12);4H,1-3,6-7H2,(H,8,9)/t;4-/m.0/s1. The Kier molecular flexibility index (Phi) is 8.35. The van der Waals surface area contributed by atoms with E-state index in [0.29, 0.717) is 30.5 Å². The van der Waals surface area contributed by atoms with Crippen LogP contribution in [0.15, 0.2) is 24.3 Å². The van der Waals surface area contributed by atoms with Crippen molar-refractivity contribution in [2.24, 2.45) is 22.9 Å². The SMILES string of the molecule is NC(=O)c1ccc(C(N)=O)cc1.NCCC[C@H](N)C(=O)O. The summed E-state index contributed by atoms with van der Waals surface area (Å²) in [7, 11) is 0. The average molecular weight is 296 g/mol. The normalized spacial score (nSPS) is 11.0. The zero-order valence-corrected chi connectivity index (χ0v) is 11.5. The van der Waals surface area contributed by atoms with Crippen LogP contribution in [0.4, 0.5) is 0 Å². The van der Waals surface area contributed by atoms with Crippen molar-refractivity contribution in [2.45, 2.75) is 18.9 Å². The van der Waals surface area contributed by atoms with Crippen LogP contribution in [0.2, 0.25) is 0 Å². The van der Waals surface area contributed by atoms with Crippen molar-refractivity contribution in [3.8, 4) is 0 Å². The van der Waals surface area contributed by atoms with E-state index in [1.165, 1.54) is 24.3 Å². The summed E-state index contributed by atoms with van der Waals surface area (Å²) >= 11 is 0. The molecule has 0 radical (unpaired) electrons.